The molecule has 3 aromatic rings. The summed E-state index contributed by atoms with van der Waals surface area (Å²) in [6.07, 6.45) is 3.68. The molecular formula is C26H24N2O2S. The van der Waals surface area contributed by atoms with Crippen LogP contribution in [0.5, 0.6) is 0 Å². The van der Waals surface area contributed by atoms with Gasteiger partial charge in [-0.05, 0) is 55.2 Å². The first-order valence-electron chi connectivity index (χ1n) is 10.3. The zero-order chi connectivity index (χ0) is 21.6. The second-order valence-electron chi connectivity index (χ2n) is 7.53. The molecule has 3 aromatic carbocycles. The number of benzene rings is 3. The minimum atomic E-state index is -0.154. The van der Waals surface area contributed by atoms with E-state index in [9.17, 15) is 9.59 Å². The van der Waals surface area contributed by atoms with E-state index >= 15 is 0 Å². The average molecular weight is 429 g/mol. The van der Waals surface area contributed by atoms with Crippen molar-refractivity contribution in [1.29, 1.82) is 0 Å². The minimum absolute atomic E-state index is 0.129. The van der Waals surface area contributed by atoms with Crippen LogP contribution in [-0.2, 0) is 11.2 Å². The Kier molecular flexibility index (Phi) is 6.53. The zero-order valence-electron chi connectivity index (χ0n) is 17.4. The van der Waals surface area contributed by atoms with Gasteiger partial charge in [-0.3, -0.25) is 9.59 Å². The van der Waals surface area contributed by atoms with Crippen molar-refractivity contribution in [2.24, 2.45) is 0 Å². The summed E-state index contributed by atoms with van der Waals surface area (Å²) < 4.78 is 0. The first-order chi connectivity index (χ1) is 15.1. The van der Waals surface area contributed by atoms with Gasteiger partial charge in [-0.15, -0.1) is 0 Å². The summed E-state index contributed by atoms with van der Waals surface area (Å²) in [7, 11) is 0. The third kappa shape index (κ3) is 5.44. The maximum atomic E-state index is 12.6. The molecule has 1 aliphatic heterocycles. The molecule has 156 valence electrons. The summed E-state index contributed by atoms with van der Waals surface area (Å²) in [4.78, 5) is 26.6. The van der Waals surface area contributed by atoms with Gasteiger partial charge in [-0.1, -0.05) is 71.9 Å². The van der Waals surface area contributed by atoms with Gasteiger partial charge in [0.25, 0.3) is 11.8 Å². The van der Waals surface area contributed by atoms with Gasteiger partial charge in [0.1, 0.15) is 0 Å². The standard InChI is InChI=1S/C26H24N2O2S/c1-18-9-11-20(12-10-18)16-24-26(30)28-22-17-21(13-14-23(22)31-24)25(29)27-15-5-8-19-6-3-2-4-7-19/h2-4,6-7,9-14,16-17H,5,8,15H2,1H3,(H,27,29)(H,28,30)/b24-16+. The first kappa shape index (κ1) is 20.9. The molecule has 31 heavy (non-hydrogen) atoms. The molecule has 0 saturated carbocycles. The van der Waals surface area contributed by atoms with Gasteiger partial charge in [0, 0.05) is 17.0 Å². The van der Waals surface area contributed by atoms with Crippen molar-refractivity contribution in [2.45, 2.75) is 24.7 Å². The summed E-state index contributed by atoms with van der Waals surface area (Å²) in [5.74, 6) is -0.283. The summed E-state index contributed by atoms with van der Waals surface area (Å²) in [5, 5.41) is 5.88. The molecule has 1 heterocycles. The summed E-state index contributed by atoms with van der Waals surface area (Å²) in [5.41, 5.74) is 4.65. The highest BCUT2D eigenvalue weighted by Crippen LogP contribution is 2.39. The van der Waals surface area contributed by atoms with Crippen LogP contribution in [0, 0.1) is 6.92 Å². The molecule has 2 amide bonds. The number of aryl methyl sites for hydroxylation is 2. The lowest BCUT2D eigenvalue weighted by Gasteiger charge is -2.19. The number of rotatable bonds is 6. The number of amides is 2. The molecule has 5 heteroatoms. The van der Waals surface area contributed by atoms with E-state index in [0.717, 1.165) is 23.3 Å². The molecule has 0 saturated heterocycles. The highest BCUT2D eigenvalue weighted by atomic mass is 32.2. The largest absolute Gasteiger partial charge is 0.352 e. The van der Waals surface area contributed by atoms with E-state index in [1.807, 2.05) is 61.5 Å². The molecule has 0 unspecified atom stereocenters. The molecule has 0 atom stereocenters. The number of nitrogens with one attached hydrogen (secondary N) is 2. The van der Waals surface area contributed by atoms with Crippen molar-refractivity contribution in [1.82, 2.24) is 5.32 Å². The fourth-order valence-electron chi connectivity index (χ4n) is 3.36. The van der Waals surface area contributed by atoms with Crippen LogP contribution in [0.15, 0.2) is 82.6 Å². The van der Waals surface area contributed by atoms with Gasteiger partial charge in [-0.2, -0.15) is 0 Å². The Morgan fingerprint density at radius 1 is 1.03 bits per heavy atom. The lowest BCUT2D eigenvalue weighted by Crippen LogP contribution is -2.25. The van der Waals surface area contributed by atoms with Crippen LogP contribution in [-0.4, -0.2) is 18.4 Å². The van der Waals surface area contributed by atoms with Crippen LogP contribution in [0.2, 0.25) is 0 Å². The van der Waals surface area contributed by atoms with Crippen molar-refractivity contribution < 1.29 is 9.59 Å². The third-order valence-corrected chi connectivity index (χ3v) is 6.18. The van der Waals surface area contributed by atoms with Crippen LogP contribution in [0.1, 0.15) is 33.5 Å². The molecule has 0 bridgehead atoms. The Balaban J connectivity index is 1.37. The van der Waals surface area contributed by atoms with E-state index in [0.29, 0.717) is 22.7 Å². The van der Waals surface area contributed by atoms with Crippen LogP contribution >= 0.6 is 11.8 Å². The van der Waals surface area contributed by atoms with Crippen LogP contribution in [0.25, 0.3) is 6.08 Å². The Bertz CT molecular complexity index is 1120. The van der Waals surface area contributed by atoms with Gasteiger partial charge >= 0.3 is 0 Å². The number of anilines is 1. The van der Waals surface area contributed by atoms with E-state index in [-0.39, 0.29) is 11.8 Å². The lowest BCUT2D eigenvalue weighted by atomic mass is 10.1. The molecular weight excluding hydrogens is 404 g/mol. The Morgan fingerprint density at radius 3 is 2.58 bits per heavy atom. The molecule has 0 spiro atoms. The van der Waals surface area contributed by atoms with E-state index < -0.39 is 0 Å². The SMILES string of the molecule is Cc1ccc(/C=C2/Sc3ccc(C(=O)NCCCc4ccccc4)cc3NC2=O)cc1. The Labute approximate surface area is 186 Å². The molecule has 0 radical (unpaired) electrons. The van der Waals surface area contributed by atoms with Crippen molar-refractivity contribution in [3.8, 4) is 0 Å². The molecule has 2 N–H and O–H groups in total. The molecule has 0 fully saturated rings. The molecule has 0 aliphatic carbocycles. The fourth-order valence-corrected chi connectivity index (χ4v) is 4.29. The molecule has 1 aliphatic rings. The third-order valence-electron chi connectivity index (χ3n) is 5.08. The molecule has 0 aromatic heterocycles. The van der Waals surface area contributed by atoms with Crippen LogP contribution in [0.3, 0.4) is 0 Å². The van der Waals surface area contributed by atoms with Crippen LogP contribution in [0.4, 0.5) is 5.69 Å². The van der Waals surface area contributed by atoms with Crippen molar-refractivity contribution in [3.05, 3.63) is 100.0 Å². The molecule has 4 rings (SSSR count). The van der Waals surface area contributed by atoms with Gasteiger partial charge < -0.3 is 10.6 Å². The Morgan fingerprint density at radius 2 is 1.81 bits per heavy atom. The summed E-state index contributed by atoms with van der Waals surface area (Å²) in [6, 6.07) is 23.7. The predicted molar refractivity (Wildman–Crippen MR) is 127 cm³/mol. The van der Waals surface area contributed by atoms with Crippen LogP contribution < -0.4 is 10.6 Å². The van der Waals surface area contributed by atoms with Gasteiger partial charge in [0.15, 0.2) is 0 Å². The fraction of sp³-hybridized carbons (Fsp3) is 0.154. The normalized spacial score (nSPS) is 14.1. The number of carbonyl (C=O) groups excluding carboxylic acids is 2. The average Bonchev–Trinajstić information content (AvgIpc) is 2.79. The summed E-state index contributed by atoms with van der Waals surface area (Å²) in [6.45, 7) is 2.64. The number of thioether (sulfide) groups is 1. The summed E-state index contributed by atoms with van der Waals surface area (Å²) >= 11 is 1.42. The van der Waals surface area contributed by atoms with Gasteiger partial charge in [0.05, 0.1) is 10.6 Å². The van der Waals surface area contributed by atoms with Gasteiger partial charge in [0.2, 0.25) is 0 Å². The first-order valence-corrected chi connectivity index (χ1v) is 11.1. The second-order valence-corrected chi connectivity index (χ2v) is 8.62. The number of hydrogen-bond acceptors (Lipinski definition) is 3. The molecule has 4 nitrogen and oxygen atoms in total. The van der Waals surface area contributed by atoms with E-state index in [1.165, 1.54) is 22.9 Å². The Hall–Kier alpha value is -3.31. The minimum Gasteiger partial charge on any atom is -0.352 e. The smallest absolute Gasteiger partial charge is 0.262 e. The zero-order valence-corrected chi connectivity index (χ0v) is 18.2. The number of hydrogen-bond donors (Lipinski definition) is 2. The van der Waals surface area contributed by atoms with Crippen molar-refractivity contribution in [2.75, 3.05) is 11.9 Å². The number of fused-ring (bicyclic) bond motifs is 1. The highest BCUT2D eigenvalue weighted by Gasteiger charge is 2.22. The number of carbonyl (C=O) groups is 2. The highest BCUT2D eigenvalue weighted by molar-refractivity contribution is 8.04. The van der Waals surface area contributed by atoms with E-state index in [4.69, 9.17) is 0 Å². The maximum absolute atomic E-state index is 12.6. The van der Waals surface area contributed by atoms with Crippen molar-refractivity contribution in [3.63, 3.8) is 0 Å². The maximum Gasteiger partial charge on any atom is 0.262 e. The monoisotopic (exact) mass is 428 g/mol. The van der Waals surface area contributed by atoms with E-state index in [1.54, 1.807) is 12.1 Å². The van der Waals surface area contributed by atoms with Gasteiger partial charge in [-0.25, -0.2) is 0 Å². The van der Waals surface area contributed by atoms with E-state index in [2.05, 4.69) is 22.8 Å². The quantitative estimate of drug-likeness (QED) is 0.406. The predicted octanol–water partition coefficient (Wildman–Crippen LogP) is 5.44. The van der Waals surface area contributed by atoms with Crippen molar-refractivity contribution >= 4 is 35.3 Å². The topological polar surface area (TPSA) is 58.2 Å². The lowest BCUT2D eigenvalue weighted by molar-refractivity contribution is -0.112. The second kappa shape index (κ2) is 9.67.